The summed E-state index contributed by atoms with van der Waals surface area (Å²) in [5.41, 5.74) is 0.354. The van der Waals surface area contributed by atoms with Crippen molar-refractivity contribution in [2.24, 2.45) is 0 Å². The summed E-state index contributed by atoms with van der Waals surface area (Å²) in [6.45, 7) is -0.149. The predicted molar refractivity (Wildman–Crippen MR) is 101 cm³/mol. The molecule has 1 heterocycles. The van der Waals surface area contributed by atoms with E-state index in [1.807, 2.05) is 0 Å². The second-order valence-corrected chi connectivity index (χ2v) is 6.03. The fraction of sp³-hybridized carbons (Fsp3) is 0.0500. The Morgan fingerprint density at radius 2 is 1.76 bits per heavy atom. The van der Waals surface area contributed by atoms with Crippen LogP contribution in [0.2, 0.25) is 0 Å². The third-order valence-corrected chi connectivity index (χ3v) is 4.11. The van der Waals surface area contributed by atoms with Crippen molar-refractivity contribution in [2.75, 3.05) is 0 Å². The number of benzene rings is 2. The molecule has 1 N–H and O–H groups in total. The lowest BCUT2D eigenvalue weighted by Crippen LogP contribution is -2.53. The van der Waals surface area contributed by atoms with Crippen molar-refractivity contribution in [3.05, 3.63) is 93.3 Å². The van der Waals surface area contributed by atoms with Gasteiger partial charge < -0.3 is 0 Å². The zero-order chi connectivity index (χ0) is 21.0. The lowest BCUT2D eigenvalue weighted by atomic mass is 10.1. The van der Waals surface area contributed by atoms with Crippen LogP contribution >= 0.6 is 0 Å². The number of allylic oxidation sites excluding steroid dienone is 2. The molecule has 0 atom stereocenters. The van der Waals surface area contributed by atoms with E-state index in [1.54, 1.807) is 6.07 Å². The van der Waals surface area contributed by atoms with E-state index in [-0.39, 0.29) is 23.4 Å². The second-order valence-electron chi connectivity index (χ2n) is 6.03. The maximum Gasteiger partial charge on any atom is 0.331 e. The average molecular weight is 395 g/mol. The zero-order valence-electron chi connectivity index (χ0n) is 14.9. The highest BCUT2D eigenvalue weighted by Gasteiger charge is 2.35. The summed E-state index contributed by atoms with van der Waals surface area (Å²) in [5, 5.41) is 13.1. The van der Waals surface area contributed by atoms with Gasteiger partial charge in [-0.05, 0) is 35.9 Å². The maximum atomic E-state index is 13.0. The van der Waals surface area contributed by atoms with Crippen LogP contribution in [0.1, 0.15) is 11.1 Å². The molecule has 0 aromatic heterocycles. The molecule has 0 aliphatic carbocycles. The molecule has 0 spiro atoms. The number of nitro benzene ring substituents is 1. The molecule has 1 fully saturated rings. The second kappa shape index (κ2) is 8.26. The van der Waals surface area contributed by atoms with Gasteiger partial charge in [0.1, 0.15) is 11.4 Å². The summed E-state index contributed by atoms with van der Waals surface area (Å²) in [4.78, 5) is 48.0. The number of urea groups is 1. The third-order valence-electron chi connectivity index (χ3n) is 4.11. The first-order valence-electron chi connectivity index (χ1n) is 8.40. The molecular formula is C20H14FN3O5. The van der Waals surface area contributed by atoms with Gasteiger partial charge in [-0.15, -0.1) is 0 Å². The van der Waals surface area contributed by atoms with E-state index < -0.39 is 28.6 Å². The highest BCUT2D eigenvalue weighted by Crippen LogP contribution is 2.20. The Morgan fingerprint density at radius 3 is 2.45 bits per heavy atom. The van der Waals surface area contributed by atoms with Gasteiger partial charge in [0.25, 0.3) is 17.5 Å². The number of amides is 4. The Bertz CT molecular complexity index is 1060. The van der Waals surface area contributed by atoms with E-state index in [0.717, 1.165) is 4.90 Å². The van der Waals surface area contributed by atoms with Crippen LogP contribution in [0.5, 0.6) is 0 Å². The fourth-order valence-electron chi connectivity index (χ4n) is 2.67. The Morgan fingerprint density at radius 1 is 1.07 bits per heavy atom. The molecule has 4 amide bonds. The topological polar surface area (TPSA) is 110 Å². The summed E-state index contributed by atoms with van der Waals surface area (Å²) in [5.74, 6) is -2.16. The van der Waals surface area contributed by atoms with Crippen LogP contribution in [-0.2, 0) is 16.1 Å². The molecular weight excluding hydrogens is 381 g/mol. The van der Waals surface area contributed by atoms with Crippen molar-refractivity contribution >= 4 is 29.6 Å². The normalized spacial score (nSPS) is 15.8. The SMILES string of the molecule is O=C1NC(=O)N(Cc2ccc(F)cc2)C(=O)/C1=C/C=C/c1ccccc1[N+](=O)[O-]. The molecule has 1 aliphatic rings. The third kappa shape index (κ3) is 4.41. The molecule has 0 unspecified atom stereocenters. The highest BCUT2D eigenvalue weighted by atomic mass is 19.1. The molecule has 3 rings (SSSR count). The molecule has 1 saturated heterocycles. The van der Waals surface area contributed by atoms with Gasteiger partial charge in [0, 0.05) is 6.07 Å². The molecule has 29 heavy (non-hydrogen) atoms. The monoisotopic (exact) mass is 395 g/mol. The first-order valence-corrected chi connectivity index (χ1v) is 8.40. The van der Waals surface area contributed by atoms with Crippen molar-refractivity contribution in [1.82, 2.24) is 10.2 Å². The van der Waals surface area contributed by atoms with E-state index in [1.165, 1.54) is 60.7 Å². The van der Waals surface area contributed by atoms with Crippen molar-refractivity contribution in [1.29, 1.82) is 0 Å². The first kappa shape index (κ1) is 19.6. The minimum Gasteiger partial charge on any atom is -0.273 e. The quantitative estimate of drug-likeness (QED) is 0.362. The number of rotatable bonds is 5. The largest absolute Gasteiger partial charge is 0.331 e. The lowest BCUT2D eigenvalue weighted by molar-refractivity contribution is -0.385. The van der Waals surface area contributed by atoms with Gasteiger partial charge in [-0.3, -0.25) is 29.9 Å². The van der Waals surface area contributed by atoms with Crippen LogP contribution in [0.15, 0.2) is 66.3 Å². The number of nitrogens with zero attached hydrogens (tertiary/aromatic N) is 2. The van der Waals surface area contributed by atoms with Gasteiger partial charge >= 0.3 is 6.03 Å². The summed E-state index contributed by atoms with van der Waals surface area (Å²) in [6, 6.07) is 10.3. The Kier molecular flexibility index (Phi) is 5.59. The summed E-state index contributed by atoms with van der Waals surface area (Å²) < 4.78 is 13.0. The lowest BCUT2D eigenvalue weighted by Gasteiger charge is -2.26. The van der Waals surface area contributed by atoms with E-state index >= 15 is 0 Å². The number of hydrogen-bond acceptors (Lipinski definition) is 5. The van der Waals surface area contributed by atoms with Crippen molar-refractivity contribution in [2.45, 2.75) is 6.54 Å². The Labute approximate surface area is 164 Å². The number of halogens is 1. The smallest absolute Gasteiger partial charge is 0.273 e. The molecule has 1 aliphatic heterocycles. The number of para-hydroxylation sites is 1. The average Bonchev–Trinajstić information content (AvgIpc) is 2.69. The fourth-order valence-corrected chi connectivity index (χ4v) is 2.67. The molecule has 9 heteroatoms. The maximum absolute atomic E-state index is 13.0. The van der Waals surface area contributed by atoms with Gasteiger partial charge in [0.2, 0.25) is 0 Å². The van der Waals surface area contributed by atoms with Gasteiger partial charge in [0.15, 0.2) is 0 Å². The number of imide groups is 2. The molecule has 8 nitrogen and oxygen atoms in total. The van der Waals surface area contributed by atoms with Crippen molar-refractivity contribution in [3.8, 4) is 0 Å². The predicted octanol–water partition coefficient (Wildman–Crippen LogP) is 2.95. The standard InChI is InChI=1S/C20H14FN3O5/c21-15-10-8-13(9-11-15)12-23-19(26)16(18(25)22-20(23)27)6-3-5-14-4-1-2-7-17(14)24(28)29/h1-11H,12H2,(H,22,25,27)/b5-3+,16-6+. The molecule has 0 bridgehead atoms. The molecule has 0 saturated carbocycles. The minimum atomic E-state index is -0.885. The van der Waals surface area contributed by atoms with Crippen LogP contribution in [-0.4, -0.2) is 27.7 Å². The molecule has 2 aromatic carbocycles. The number of hydrogen-bond donors (Lipinski definition) is 1. The van der Waals surface area contributed by atoms with E-state index in [9.17, 15) is 28.9 Å². The van der Waals surface area contributed by atoms with Gasteiger partial charge in [-0.25, -0.2) is 9.18 Å². The van der Waals surface area contributed by atoms with E-state index in [0.29, 0.717) is 5.56 Å². The molecule has 2 aromatic rings. The number of nitrogens with one attached hydrogen (secondary N) is 1. The van der Waals surface area contributed by atoms with E-state index in [4.69, 9.17) is 0 Å². The van der Waals surface area contributed by atoms with Gasteiger partial charge in [0.05, 0.1) is 17.0 Å². The van der Waals surface area contributed by atoms with Crippen molar-refractivity contribution in [3.63, 3.8) is 0 Å². The van der Waals surface area contributed by atoms with Gasteiger partial charge in [-0.1, -0.05) is 30.3 Å². The molecule has 0 radical (unpaired) electrons. The van der Waals surface area contributed by atoms with Crippen molar-refractivity contribution < 1.29 is 23.7 Å². The Hall–Kier alpha value is -4.14. The van der Waals surface area contributed by atoms with Crippen LogP contribution in [0.25, 0.3) is 6.08 Å². The number of nitro groups is 1. The van der Waals surface area contributed by atoms with Gasteiger partial charge in [-0.2, -0.15) is 0 Å². The number of carbonyl (C=O) groups is 3. The molecule has 146 valence electrons. The summed E-state index contributed by atoms with van der Waals surface area (Å²) in [6.07, 6.45) is 3.88. The summed E-state index contributed by atoms with van der Waals surface area (Å²) in [7, 11) is 0. The van der Waals surface area contributed by atoms with Crippen LogP contribution in [0, 0.1) is 15.9 Å². The summed E-state index contributed by atoms with van der Waals surface area (Å²) >= 11 is 0. The Balaban J connectivity index is 1.83. The number of carbonyl (C=O) groups excluding carboxylic acids is 3. The highest BCUT2D eigenvalue weighted by molar-refractivity contribution is 6.28. The zero-order valence-corrected chi connectivity index (χ0v) is 14.9. The van der Waals surface area contributed by atoms with E-state index in [2.05, 4.69) is 5.32 Å². The minimum absolute atomic E-state index is 0.130. The number of barbiturate groups is 1. The van der Waals surface area contributed by atoms with Crippen LogP contribution in [0.4, 0.5) is 14.9 Å². The van der Waals surface area contributed by atoms with Crippen LogP contribution in [0.3, 0.4) is 0 Å². The van der Waals surface area contributed by atoms with Crippen LogP contribution < -0.4 is 5.32 Å². The first-order chi connectivity index (χ1) is 13.9.